The number of benzene rings is 1. The van der Waals surface area contributed by atoms with Crippen molar-refractivity contribution in [1.82, 2.24) is 15.1 Å². The van der Waals surface area contributed by atoms with Crippen LogP contribution in [0.2, 0.25) is 0 Å². The summed E-state index contributed by atoms with van der Waals surface area (Å²) in [4.78, 5) is 16.8. The molecule has 4 nitrogen and oxygen atoms in total. The van der Waals surface area contributed by atoms with E-state index in [1.54, 1.807) is 0 Å². The fraction of sp³-hybridized carbons (Fsp3) is 0.588. The lowest BCUT2D eigenvalue weighted by atomic mass is 10.1. The number of rotatable bonds is 7. The van der Waals surface area contributed by atoms with Crippen LogP contribution in [0.1, 0.15) is 37.9 Å². The third kappa shape index (κ3) is 4.05. The quantitative estimate of drug-likeness (QED) is 0.836. The van der Waals surface area contributed by atoms with Gasteiger partial charge in [-0.2, -0.15) is 0 Å². The molecule has 1 aliphatic rings. The second kappa shape index (κ2) is 7.57. The van der Waals surface area contributed by atoms with Gasteiger partial charge in [-0.05, 0) is 26.1 Å². The second-order valence-electron chi connectivity index (χ2n) is 6.01. The van der Waals surface area contributed by atoms with Crippen molar-refractivity contribution >= 4 is 5.91 Å². The molecule has 2 unspecified atom stereocenters. The smallest absolute Gasteiger partial charge is 0.241 e. The maximum Gasteiger partial charge on any atom is 0.241 e. The van der Waals surface area contributed by atoms with E-state index in [9.17, 15) is 4.79 Å². The van der Waals surface area contributed by atoms with Crippen molar-refractivity contribution in [3.8, 4) is 0 Å². The van der Waals surface area contributed by atoms with Crippen LogP contribution < -0.4 is 5.32 Å². The Morgan fingerprint density at radius 3 is 2.57 bits per heavy atom. The molecule has 0 bridgehead atoms. The molecule has 0 aromatic heterocycles. The molecule has 4 heteroatoms. The van der Waals surface area contributed by atoms with Crippen LogP contribution in [0.15, 0.2) is 30.3 Å². The summed E-state index contributed by atoms with van der Waals surface area (Å²) in [5.74, 6) is 0.249. The van der Waals surface area contributed by atoms with E-state index >= 15 is 0 Å². The SMILES string of the molecule is CCCCC1NC(c2ccccc2)N(CCN(C)C)C1=O. The van der Waals surface area contributed by atoms with E-state index in [0.717, 1.165) is 32.4 Å². The molecule has 2 atom stereocenters. The number of unbranched alkanes of at least 4 members (excludes halogenated alkanes) is 1. The molecule has 1 aliphatic heterocycles. The molecule has 2 rings (SSSR count). The summed E-state index contributed by atoms with van der Waals surface area (Å²) in [5.41, 5.74) is 1.17. The number of likely N-dealkylation sites (N-methyl/N-ethyl adjacent to an activating group) is 1. The van der Waals surface area contributed by atoms with Gasteiger partial charge in [0.2, 0.25) is 5.91 Å². The van der Waals surface area contributed by atoms with Crippen molar-refractivity contribution in [1.29, 1.82) is 0 Å². The molecule has 0 aliphatic carbocycles. The Kier molecular flexibility index (Phi) is 5.76. The Balaban J connectivity index is 2.13. The number of hydrogen-bond acceptors (Lipinski definition) is 3. The summed E-state index contributed by atoms with van der Waals surface area (Å²) in [6.45, 7) is 3.82. The summed E-state index contributed by atoms with van der Waals surface area (Å²) >= 11 is 0. The van der Waals surface area contributed by atoms with Crippen LogP contribution >= 0.6 is 0 Å². The maximum absolute atomic E-state index is 12.7. The van der Waals surface area contributed by atoms with Gasteiger partial charge in [0.25, 0.3) is 0 Å². The first kappa shape index (κ1) is 16.0. The van der Waals surface area contributed by atoms with Gasteiger partial charge in [-0.15, -0.1) is 0 Å². The molecule has 1 heterocycles. The van der Waals surface area contributed by atoms with Crippen molar-refractivity contribution in [3.63, 3.8) is 0 Å². The standard InChI is InChI=1S/C17H27N3O/c1-4-5-11-15-17(21)20(13-12-19(2)3)16(18-15)14-9-7-6-8-10-14/h6-10,15-16,18H,4-5,11-13H2,1-3H3. The minimum absolute atomic E-state index is 0.0144. The van der Waals surface area contributed by atoms with Crippen molar-refractivity contribution in [2.75, 3.05) is 27.2 Å². The van der Waals surface area contributed by atoms with E-state index in [2.05, 4.69) is 29.3 Å². The Hall–Kier alpha value is -1.39. The van der Waals surface area contributed by atoms with E-state index < -0.39 is 0 Å². The normalized spacial score (nSPS) is 22.3. The summed E-state index contributed by atoms with van der Waals surface area (Å²) < 4.78 is 0. The highest BCUT2D eigenvalue weighted by atomic mass is 16.2. The van der Waals surface area contributed by atoms with Gasteiger partial charge in [0.05, 0.1) is 6.04 Å². The van der Waals surface area contributed by atoms with Crippen LogP contribution in [-0.2, 0) is 4.79 Å². The predicted octanol–water partition coefficient (Wildman–Crippen LogP) is 2.24. The molecule has 0 saturated carbocycles. The van der Waals surface area contributed by atoms with E-state index in [4.69, 9.17) is 0 Å². The lowest BCUT2D eigenvalue weighted by Crippen LogP contribution is -2.36. The van der Waals surface area contributed by atoms with Crippen molar-refractivity contribution in [2.45, 2.75) is 38.4 Å². The molecular formula is C17H27N3O. The summed E-state index contributed by atoms with van der Waals surface area (Å²) in [6, 6.07) is 10.2. The van der Waals surface area contributed by atoms with Gasteiger partial charge in [0.1, 0.15) is 6.17 Å². The van der Waals surface area contributed by atoms with E-state index in [0.29, 0.717) is 0 Å². The maximum atomic E-state index is 12.7. The number of nitrogens with one attached hydrogen (secondary N) is 1. The van der Waals surface area contributed by atoms with Crippen LogP contribution in [0, 0.1) is 0 Å². The first-order chi connectivity index (χ1) is 10.1. The lowest BCUT2D eigenvalue weighted by Gasteiger charge is -2.26. The molecule has 1 N–H and O–H groups in total. The van der Waals surface area contributed by atoms with Crippen LogP contribution in [0.5, 0.6) is 0 Å². The Bertz CT molecular complexity index is 447. The first-order valence-electron chi connectivity index (χ1n) is 7.89. The highest BCUT2D eigenvalue weighted by molar-refractivity contribution is 5.84. The van der Waals surface area contributed by atoms with Crippen molar-refractivity contribution in [2.24, 2.45) is 0 Å². The fourth-order valence-corrected chi connectivity index (χ4v) is 2.75. The molecule has 0 spiro atoms. The molecule has 1 aromatic carbocycles. The molecule has 1 amide bonds. The van der Waals surface area contributed by atoms with E-state index in [1.807, 2.05) is 37.2 Å². The average Bonchev–Trinajstić information content (AvgIpc) is 2.80. The molecular weight excluding hydrogens is 262 g/mol. The number of nitrogens with zero attached hydrogens (tertiary/aromatic N) is 2. The van der Waals surface area contributed by atoms with Gasteiger partial charge in [-0.25, -0.2) is 0 Å². The zero-order valence-electron chi connectivity index (χ0n) is 13.4. The first-order valence-corrected chi connectivity index (χ1v) is 7.89. The lowest BCUT2D eigenvalue weighted by molar-refractivity contribution is -0.130. The summed E-state index contributed by atoms with van der Waals surface area (Å²) in [7, 11) is 4.08. The zero-order chi connectivity index (χ0) is 15.2. The summed E-state index contributed by atoms with van der Waals surface area (Å²) in [5, 5.41) is 3.52. The number of carbonyl (C=O) groups excluding carboxylic acids is 1. The molecule has 116 valence electrons. The van der Waals surface area contributed by atoms with Gasteiger partial charge in [0, 0.05) is 13.1 Å². The number of hydrogen-bond donors (Lipinski definition) is 1. The fourth-order valence-electron chi connectivity index (χ4n) is 2.75. The molecule has 21 heavy (non-hydrogen) atoms. The second-order valence-corrected chi connectivity index (χ2v) is 6.01. The van der Waals surface area contributed by atoms with Crippen molar-refractivity contribution < 1.29 is 4.79 Å². The monoisotopic (exact) mass is 289 g/mol. The Morgan fingerprint density at radius 1 is 1.24 bits per heavy atom. The largest absolute Gasteiger partial charge is 0.320 e. The number of carbonyl (C=O) groups is 1. The van der Waals surface area contributed by atoms with E-state index in [1.165, 1.54) is 5.56 Å². The molecule has 1 aromatic rings. The van der Waals surface area contributed by atoms with Gasteiger partial charge in [-0.3, -0.25) is 10.1 Å². The highest BCUT2D eigenvalue weighted by Crippen LogP contribution is 2.26. The van der Waals surface area contributed by atoms with Crippen LogP contribution in [-0.4, -0.2) is 48.9 Å². The third-order valence-corrected chi connectivity index (χ3v) is 4.00. The third-order valence-electron chi connectivity index (χ3n) is 4.00. The van der Waals surface area contributed by atoms with Gasteiger partial charge < -0.3 is 9.80 Å². The minimum Gasteiger partial charge on any atom is -0.320 e. The highest BCUT2D eigenvalue weighted by Gasteiger charge is 2.38. The molecule has 0 radical (unpaired) electrons. The van der Waals surface area contributed by atoms with Crippen molar-refractivity contribution in [3.05, 3.63) is 35.9 Å². The van der Waals surface area contributed by atoms with Crippen LogP contribution in [0.3, 0.4) is 0 Å². The van der Waals surface area contributed by atoms with Crippen LogP contribution in [0.25, 0.3) is 0 Å². The van der Waals surface area contributed by atoms with E-state index in [-0.39, 0.29) is 18.1 Å². The Morgan fingerprint density at radius 2 is 1.95 bits per heavy atom. The van der Waals surface area contributed by atoms with Crippen LogP contribution in [0.4, 0.5) is 0 Å². The van der Waals surface area contributed by atoms with Gasteiger partial charge in [0.15, 0.2) is 0 Å². The molecule has 1 saturated heterocycles. The Labute approximate surface area is 128 Å². The summed E-state index contributed by atoms with van der Waals surface area (Å²) in [6.07, 6.45) is 3.16. The topological polar surface area (TPSA) is 35.6 Å². The minimum atomic E-state index is -0.0303. The predicted molar refractivity (Wildman–Crippen MR) is 85.9 cm³/mol. The molecule has 1 fully saturated rings. The number of amides is 1. The van der Waals surface area contributed by atoms with Gasteiger partial charge >= 0.3 is 0 Å². The van der Waals surface area contributed by atoms with Gasteiger partial charge in [-0.1, -0.05) is 50.1 Å². The zero-order valence-corrected chi connectivity index (χ0v) is 13.4. The average molecular weight is 289 g/mol.